The number of aromatic amines is 1. The van der Waals surface area contributed by atoms with Gasteiger partial charge < -0.3 is 9.88 Å². The van der Waals surface area contributed by atoms with Gasteiger partial charge in [-0.2, -0.15) is 0 Å². The third-order valence-corrected chi connectivity index (χ3v) is 5.74. The fourth-order valence-corrected chi connectivity index (χ4v) is 4.29. The van der Waals surface area contributed by atoms with Crippen LogP contribution in [0.4, 0.5) is 0 Å². The predicted molar refractivity (Wildman–Crippen MR) is 98.8 cm³/mol. The number of amides is 1. The normalized spacial score (nSPS) is 19.5. The highest BCUT2D eigenvalue weighted by atomic mass is 16.2. The van der Waals surface area contributed by atoms with Crippen LogP contribution in [0.2, 0.25) is 0 Å². The highest BCUT2D eigenvalue weighted by Crippen LogP contribution is 2.32. The Morgan fingerprint density at radius 1 is 1.21 bits per heavy atom. The summed E-state index contributed by atoms with van der Waals surface area (Å²) in [5.41, 5.74) is 5.19. The zero-order chi connectivity index (χ0) is 16.5. The van der Waals surface area contributed by atoms with Crippen molar-refractivity contribution in [1.29, 1.82) is 0 Å². The lowest BCUT2D eigenvalue weighted by Gasteiger charge is -2.31. The topological polar surface area (TPSA) is 36.1 Å². The molecule has 1 aliphatic carbocycles. The lowest BCUT2D eigenvalue weighted by molar-refractivity contribution is -0.136. The smallest absolute Gasteiger partial charge is 0.225 e. The molecule has 4 rings (SSSR count). The highest BCUT2D eigenvalue weighted by molar-refractivity contribution is 5.94. The van der Waals surface area contributed by atoms with Crippen molar-refractivity contribution in [3.63, 3.8) is 0 Å². The van der Waals surface area contributed by atoms with E-state index in [9.17, 15) is 4.79 Å². The number of aryl methyl sites for hydroxylation is 1. The average Bonchev–Trinajstić information content (AvgIpc) is 3.07. The maximum atomic E-state index is 12.7. The first-order valence-corrected chi connectivity index (χ1v) is 9.29. The maximum Gasteiger partial charge on any atom is 0.225 e. The van der Waals surface area contributed by atoms with Gasteiger partial charge in [-0.25, -0.2) is 0 Å². The largest absolute Gasteiger partial charge is 0.360 e. The fourth-order valence-electron chi connectivity index (χ4n) is 4.29. The Labute approximate surface area is 143 Å². The van der Waals surface area contributed by atoms with Gasteiger partial charge in [0.15, 0.2) is 0 Å². The number of nitrogens with one attached hydrogen (secondary N) is 1. The molecule has 1 aromatic heterocycles. The summed E-state index contributed by atoms with van der Waals surface area (Å²) in [6, 6.07) is 6.45. The molecule has 0 bridgehead atoms. The quantitative estimate of drug-likeness (QED) is 0.857. The van der Waals surface area contributed by atoms with Crippen molar-refractivity contribution >= 4 is 22.4 Å². The van der Waals surface area contributed by atoms with Crippen LogP contribution in [0.1, 0.15) is 49.7 Å². The molecule has 3 heteroatoms. The van der Waals surface area contributed by atoms with Crippen LogP contribution in [0.25, 0.3) is 16.5 Å². The van der Waals surface area contributed by atoms with Gasteiger partial charge in [-0.05, 0) is 37.3 Å². The molecule has 1 amide bonds. The molecule has 0 unspecified atom stereocenters. The van der Waals surface area contributed by atoms with E-state index in [0.29, 0.717) is 5.91 Å². The van der Waals surface area contributed by atoms with E-state index in [0.717, 1.165) is 32.4 Å². The molecule has 2 aromatic rings. The van der Waals surface area contributed by atoms with Crippen LogP contribution in [0.3, 0.4) is 0 Å². The summed E-state index contributed by atoms with van der Waals surface area (Å²) < 4.78 is 0. The minimum Gasteiger partial charge on any atom is -0.360 e. The number of carbonyl (C=O) groups is 1. The van der Waals surface area contributed by atoms with Crippen LogP contribution in [0, 0.1) is 12.8 Å². The monoisotopic (exact) mass is 322 g/mol. The van der Waals surface area contributed by atoms with Gasteiger partial charge in [0, 0.05) is 41.7 Å². The summed E-state index contributed by atoms with van der Waals surface area (Å²) in [5, 5.41) is 1.30. The number of fused-ring (bicyclic) bond motifs is 1. The van der Waals surface area contributed by atoms with Crippen molar-refractivity contribution in [2.75, 3.05) is 13.1 Å². The molecule has 24 heavy (non-hydrogen) atoms. The summed E-state index contributed by atoms with van der Waals surface area (Å²) in [4.78, 5) is 18.2. The number of hydrogen-bond acceptors (Lipinski definition) is 1. The molecule has 1 saturated carbocycles. The number of benzene rings is 1. The number of hydrogen-bond donors (Lipinski definition) is 1. The molecular formula is C21H26N2O. The van der Waals surface area contributed by atoms with Crippen molar-refractivity contribution in [1.82, 2.24) is 9.88 Å². The summed E-state index contributed by atoms with van der Waals surface area (Å²) in [7, 11) is 0. The van der Waals surface area contributed by atoms with Gasteiger partial charge in [0.2, 0.25) is 5.91 Å². The van der Waals surface area contributed by atoms with E-state index in [1.807, 2.05) is 0 Å². The molecule has 3 nitrogen and oxygen atoms in total. The molecule has 1 aliphatic heterocycles. The van der Waals surface area contributed by atoms with E-state index >= 15 is 0 Å². The Kier molecular flexibility index (Phi) is 4.17. The van der Waals surface area contributed by atoms with Crippen LogP contribution >= 0.6 is 0 Å². The average molecular weight is 322 g/mol. The molecule has 126 valence electrons. The van der Waals surface area contributed by atoms with Gasteiger partial charge in [0.05, 0.1) is 0 Å². The van der Waals surface area contributed by atoms with Gasteiger partial charge in [-0.1, -0.05) is 43.5 Å². The minimum absolute atomic E-state index is 0.282. The first-order chi connectivity index (χ1) is 11.7. The molecule has 1 N–H and O–H groups in total. The molecule has 0 atom stereocenters. The summed E-state index contributed by atoms with van der Waals surface area (Å²) >= 11 is 0. The van der Waals surface area contributed by atoms with Crippen molar-refractivity contribution < 1.29 is 4.79 Å². The Bertz CT molecular complexity index is 780. The molecule has 2 heterocycles. The lowest BCUT2D eigenvalue weighted by atomic mass is 9.87. The molecule has 2 aliphatic rings. The lowest BCUT2D eigenvalue weighted by Crippen LogP contribution is -2.39. The Morgan fingerprint density at radius 3 is 2.79 bits per heavy atom. The van der Waals surface area contributed by atoms with Crippen LogP contribution in [-0.4, -0.2) is 28.9 Å². The number of nitrogens with zero attached hydrogens (tertiary/aromatic N) is 1. The third-order valence-electron chi connectivity index (χ3n) is 5.74. The number of aromatic nitrogens is 1. The number of rotatable bonds is 2. The zero-order valence-corrected chi connectivity index (χ0v) is 14.5. The number of para-hydroxylation sites is 1. The second-order valence-electron chi connectivity index (χ2n) is 7.30. The SMILES string of the molecule is Cc1cccc2c(C3=CCN(C(=O)C4CCCCC4)CC3)c[nH]c12. The van der Waals surface area contributed by atoms with E-state index in [4.69, 9.17) is 0 Å². The molecule has 0 saturated heterocycles. The van der Waals surface area contributed by atoms with E-state index < -0.39 is 0 Å². The third kappa shape index (κ3) is 2.77. The zero-order valence-electron chi connectivity index (χ0n) is 14.5. The van der Waals surface area contributed by atoms with Gasteiger partial charge >= 0.3 is 0 Å². The Hall–Kier alpha value is -2.03. The Morgan fingerprint density at radius 2 is 2.04 bits per heavy atom. The first kappa shape index (κ1) is 15.5. The van der Waals surface area contributed by atoms with E-state index in [2.05, 4.69) is 47.3 Å². The van der Waals surface area contributed by atoms with Crippen LogP contribution in [-0.2, 0) is 4.79 Å². The van der Waals surface area contributed by atoms with Gasteiger partial charge in [-0.15, -0.1) is 0 Å². The van der Waals surface area contributed by atoms with Crippen molar-refractivity contribution in [3.05, 3.63) is 41.6 Å². The highest BCUT2D eigenvalue weighted by Gasteiger charge is 2.27. The van der Waals surface area contributed by atoms with Crippen LogP contribution in [0.15, 0.2) is 30.5 Å². The Balaban J connectivity index is 1.51. The van der Waals surface area contributed by atoms with E-state index in [-0.39, 0.29) is 5.92 Å². The fraction of sp³-hybridized carbons (Fsp3) is 0.476. The van der Waals surface area contributed by atoms with Gasteiger partial charge in [-0.3, -0.25) is 4.79 Å². The van der Waals surface area contributed by atoms with Crippen LogP contribution < -0.4 is 0 Å². The van der Waals surface area contributed by atoms with Crippen molar-refractivity contribution in [3.8, 4) is 0 Å². The van der Waals surface area contributed by atoms with Gasteiger partial charge in [0.25, 0.3) is 0 Å². The van der Waals surface area contributed by atoms with E-state index in [1.54, 1.807) is 0 Å². The molecule has 1 aromatic carbocycles. The molecule has 0 spiro atoms. The second kappa shape index (κ2) is 6.46. The number of H-pyrrole nitrogens is 1. The molecule has 1 fully saturated rings. The molecular weight excluding hydrogens is 296 g/mol. The second-order valence-corrected chi connectivity index (χ2v) is 7.30. The van der Waals surface area contributed by atoms with Crippen LogP contribution in [0.5, 0.6) is 0 Å². The summed E-state index contributed by atoms with van der Waals surface area (Å²) in [6.45, 7) is 3.77. The summed E-state index contributed by atoms with van der Waals surface area (Å²) in [6.07, 6.45) is 11.3. The standard InChI is InChI=1S/C21H26N2O/c1-15-6-5-9-18-19(14-22-20(15)18)16-10-12-23(13-11-16)21(24)17-7-3-2-4-8-17/h5-6,9-10,14,17,22H,2-4,7-8,11-13H2,1H3. The minimum atomic E-state index is 0.282. The molecule has 0 radical (unpaired) electrons. The van der Waals surface area contributed by atoms with E-state index in [1.165, 1.54) is 46.9 Å². The summed E-state index contributed by atoms with van der Waals surface area (Å²) in [5.74, 6) is 0.671. The predicted octanol–water partition coefficient (Wildman–Crippen LogP) is 4.67. The van der Waals surface area contributed by atoms with Crippen molar-refractivity contribution in [2.45, 2.75) is 45.4 Å². The van der Waals surface area contributed by atoms with Crippen molar-refractivity contribution in [2.24, 2.45) is 5.92 Å². The van der Waals surface area contributed by atoms with Gasteiger partial charge in [0.1, 0.15) is 0 Å². The first-order valence-electron chi connectivity index (χ1n) is 9.29. The number of carbonyl (C=O) groups excluding carboxylic acids is 1. The maximum absolute atomic E-state index is 12.7.